The predicted molar refractivity (Wildman–Crippen MR) is 92.9 cm³/mol. The SMILES string of the molecule is COC(=O)/C(Cc1ccccc1)=C(\C)N[C@H](C)c1ccccc1. The summed E-state index contributed by atoms with van der Waals surface area (Å²) < 4.78 is 4.96. The Morgan fingerprint density at radius 3 is 2.17 bits per heavy atom. The van der Waals surface area contributed by atoms with Crippen LogP contribution in [0.5, 0.6) is 0 Å². The Labute approximate surface area is 138 Å². The predicted octanol–water partition coefficient (Wildman–Crippen LogP) is 4.03. The van der Waals surface area contributed by atoms with Crippen molar-refractivity contribution >= 4 is 5.97 Å². The van der Waals surface area contributed by atoms with Gasteiger partial charge in [-0.05, 0) is 25.0 Å². The molecule has 0 aliphatic heterocycles. The van der Waals surface area contributed by atoms with E-state index < -0.39 is 0 Å². The highest BCUT2D eigenvalue weighted by atomic mass is 16.5. The van der Waals surface area contributed by atoms with E-state index in [-0.39, 0.29) is 12.0 Å². The van der Waals surface area contributed by atoms with Gasteiger partial charge in [-0.2, -0.15) is 0 Å². The van der Waals surface area contributed by atoms with Crippen LogP contribution in [0.2, 0.25) is 0 Å². The zero-order valence-electron chi connectivity index (χ0n) is 13.9. The van der Waals surface area contributed by atoms with Crippen LogP contribution in [0.15, 0.2) is 71.9 Å². The van der Waals surface area contributed by atoms with E-state index in [1.165, 1.54) is 12.7 Å². The van der Waals surface area contributed by atoms with Gasteiger partial charge < -0.3 is 10.1 Å². The lowest BCUT2D eigenvalue weighted by Crippen LogP contribution is -2.21. The molecule has 2 rings (SSSR count). The maximum Gasteiger partial charge on any atom is 0.335 e. The molecule has 0 fully saturated rings. The second kappa shape index (κ2) is 8.18. The first kappa shape index (κ1) is 16.8. The van der Waals surface area contributed by atoms with Crippen LogP contribution < -0.4 is 5.32 Å². The van der Waals surface area contributed by atoms with Gasteiger partial charge in [-0.3, -0.25) is 0 Å². The molecule has 0 amide bonds. The molecule has 2 aromatic carbocycles. The highest BCUT2D eigenvalue weighted by molar-refractivity contribution is 5.89. The van der Waals surface area contributed by atoms with Gasteiger partial charge in [-0.1, -0.05) is 60.7 Å². The number of nitrogens with one attached hydrogen (secondary N) is 1. The van der Waals surface area contributed by atoms with Gasteiger partial charge in [0.15, 0.2) is 0 Å². The molecule has 1 atom stereocenters. The molecule has 0 aliphatic rings. The second-order valence-electron chi connectivity index (χ2n) is 5.53. The fraction of sp³-hybridized carbons (Fsp3) is 0.250. The Morgan fingerprint density at radius 2 is 1.61 bits per heavy atom. The molecule has 0 unspecified atom stereocenters. The summed E-state index contributed by atoms with van der Waals surface area (Å²) in [5, 5.41) is 3.41. The molecule has 0 aromatic heterocycles. The highest BCUT2D eigenvalue weighted by Crippen LogP contribution is 2.17. The number of esters is 1. The van der Waals surface area contributed by atoms with Crippen molar-refractivity contribution in [3.05, 3.63) is 83.1 Å². The lowest BCUT2D eigenvalue weighted by atomic mass is 10.0. The number of benzene rings is 2. The number of hydrogen-bond acceptors (Lipinski definition) is 3. The van der Waals surface area contributed by atoms with Crippen molar-refractivity contribution in [1.82, 2.24) is 5.32 Å². The van der Waals surface area contributed by atoms with Crippen LogP contribution in [0.25, 0.3) is 0 Å². The molecule has 3 heteroatoms. The van der Waals surface area contributed by atoms with E-state index in [9.17, 15) is 4.79 Å². The average Bonchev–Trinajstić information content (AvgIpc) is 2.60. The molecule has 120 valence electrons. The second-order valence-corrected chi connectivity index (χ2v) is 5.53. The van der Waals surface area contributed by atoms with Crippen molar-refractivity contribution in [2.45, 2.75) is 26.3 Å². The van der Waals surface area contributed by atoms with E-state index >= 15 is 0 Å². The molecule has 1 N–H and O–H groups in total. The summed E-state index contributed by atoms with van der Waals surface area (Å²) in [6.45, 7) is 4.00. The van der Waals surface area contributed by atoms with E-state index in [2.05, 4.69) is 24.4 Å². The van der Waals surface area contributed by atoms with Gasteiger partial charge in [-0.25, -0.2) is 4.79 Å². The number of rotatable bonds is 6. The molecular formula is C20H23NO2. The molecule has 0 heterocycles. The van der Waals surface area contributed by atoms with Crippen LogP contribution >= 0.6 is 0 Å². The number of hydrogen-bond donors (Lipinski definition) is 1. The van der Waals surface area contributed by atoms with Gasteiger partial charge in [-0.15, -0.1) is 0 Å². The van der Waals surface area contributed by atoms with Gasteiger partial charge in [0, 0.05) is 18.2 Å². The zero-order chi connectivity index (χ0) is 16.7. The van der Waals surface area contributed by atoms with Gasteiger partial charge >= 0.3 is 5.97 Å². The van der Waals surface area contributed by atoms with Gasteiger partial charge in [0.2, 0.25) is 0 Å². The van der Waals surface area contributed by atoms with Crippen molar-refractivity contribution in [3.8, 4) is 0 Å². The minimum atomic E-state index is -0.292. The number of methoxy groups -OCH3 is 1. The Kier molecular flexibility index (Phi) is 5.98. The standard InChI is InChI=1S/C20H23NO2/c1-15(18-12-8-5-9-13-18)21-16(2)19(20(22)23-3)14-17-10-6-4-7-11-17/h4-13,15,21H,14H2,1-3H3/b19-16+/t15-/m1/s1. The van der Waals surface area contributed by atoms with Crippen molar-refractivity contribution in [2.24, 2.45) is 0 Å². The maximum atomic E-state index is 12.2. The van der Waals surface area contributed by atoms with Crippen LogP contribution in [0.1, 0.15) is 31.0 Å². The Hall–Kier alpha value is -2.55. The topological polar surface area (TPSA) is 38.3 Å². The van der Waals surface area contributed by atoms with E-state index in [1.54, 1.807) is 0 Å². The fourth-order valence-corrected chi connectivity index (χ4v) is 2.52. The van der Waals surface area contributed by atoms with Gasteiger partial charge in [0.25, 0.3) is 0 Å². The Bertz CT molecular complexity index is 663. The lowest BCUT2D eigenvalue weighted by Gasteiger charge is -2.19. The first-order valence-corrected chi connectivity index (χ1v) is 7.75. The van der Waals surface area contributed by atoms with E-state index in [4.69, 9.17) is 4.74 Å². The molecule has 0 bridgehead atoms. The first-order chi connectivity index (χ1) is 11.1. The molecule has 0 saturated heterocycles. The lowest BCUT2D eigenvalue weighted by molar-refractivity contribution is -0.136. The summed E-state index contributed by atoms with van der Waals surface area (Å²) in [5.41, 5.74) is 3.76. The van der Waals surface area contributed by atoms with Crippen molar-refractivity contribution in [1.29, 1.82) is 0 Å². The molecule has 3 nitrogen and oxygen atoms in total. The van der Waals surface area contributed by atoms with Gasteiger partial charge in [0.05, 0.1) is 12.7 Å². The average molecular weight is 309 g/mol. The first-order valence-electron chi connectivity index (χ1n) is 7.75. The molecule has 0 saturated carbocycles. The number of carbonyl (C=O) groups excluding carboxylic acids is 1. The quantitative estimate of drug-likeness (QED) is 0.647. The smallest absolute Gasteiger partial charge is 0.335 e. The third-order valence-electron chi connectivity index (χ3n) is 3.84. The summed E-state index contributed by atoms with van der Waals surface area (Å²) >= 11 is 0. The summed E-state index contributed by atoms with van der Waals surface area (Å²) in [5.74, 6) is -0.292. The Balaban J connectivity index is 2.21. The van der Waals surface area contributed by atoms with Gasteiger partial charge in [0.1, 0.15) is 0 Å². The Morgan fingerprint density at radius 1 is 1.04 bits per heavy atom. The molecule has 2 aromatic rings. The molecule has 0 spiro atoms. The maximum absolute atomic E-state index is 12.2. The zero-order valence-corrected chi connectivity index (χ0v) is 13.9. The third kappa shape index (κ3) is 4.71. The molecule has 0 aliphatic carbocycles. The van der Waals surface area contributed by atoms with E-state index in [0.717, 1.165) is 11.3 Å². The van der Waals surface area contributed by atoms with E-state index in [1.807, 2.05) is 55.5 Å². The molecule has 0 radical (unpaired) electrons. The van der Waals surface area contributed by atoms with Crippen LogP contribution in [-0.4, -0.2) is 13.1 Å². The monoisotopic (exact) mass is 309 g/mol. The fourth-order valence-electron chi connectivity index (χ4n) is 2.52. The number of carbonyl (C=O) groups is 1. The van der Waals surface area contributed by atoms with Crippen molar-refractivity contribution < 1.29 is 9.53 Å². The van der Waals surface area contributed by atoms with E-state index in [0.29, 0.717) is 12.0 Å². The highest BCUT2D eigenvalue weighted by Gasteiger charge is 2.16. The third-order valence-corrected chi connectivity index (χ3v) is 3.84. The normalized spacial score (nSPS) is 13.0. The minimum Gasteiger partial charge on any atom is -0.466 e. The molecule has 23 heavy (non-hydrogen) atoms. The summed E-state index contributed by atoms with van der Waals surface area (Å²) in [6.07, 6.45) is 0.549. The molecular weight excluding hydrogens is 286 g/mol. The number of ether oxygens (including phenoxy) is 1. The van der Waals surface area contributed by atoms with Crippen LogP contribution in [0.3, 0.4) is 0 Å². The largest absolute Gasteiger partial charge is 0.466 e. The number of allylic oxidation sites excluding steroid dienone is 1. The van der Waals surface area contributed by atoms with Crippen molar-refractivity contribution in [3.63, 3.8) is 0 Å². The van der Waals surface area contributed by atoms with Crippen molar-refractivity contribution in [2.75, 3.05) is 7.11 Å². The van der Waals surface area contributed by atoms with Crippen LogP contribution in [0.4, 0.5) is 0 Å². The van der Waals surface area contributed by atoms with Crippen LogP contribution in [-0.2, 0) is 16.0 Å². The van der Waals surface area contributed by atoms with Crippen LogP contribution in [0, 0.1) is 0 Å². The summed E-state index contributed by atoms with van der Waals surface area (Å²) in [7, 11) is 1.42. The summed E-state index contributed by atoms with van der Waals surface area (Å²) in [6, 6.07) is 20.2. The minimum absolute atomic E-state index is 0.117. The summed E-state index contributed by atoms with van der Waals surface area (Å²) in [4.78, 5) is 12.2.